The quantitative estimate of drug-likeness (QED) is 0.508. The number of hydrogen-bond donors (Lipinski definition) is 0. The zero-order valence-corrected chi connectivity index (χ0v) is 5.68. The van der Waals surface area contributed by atoms with Gasteiger partial charge in [0.25, 0.3) is 0 Å². The first-order valence-electron chi connectivity index (χ1n) is 3.78. The molecule has 0 saturated carbocycles. The van der Waals surface area contributed by atoms with Gasteiger partial charge in [-0.25, -0.2) is 0 Å². The van der Waals surface area contributed by atoms with Crippen LogP contribution in [0.3, 0.4) is 0 Å². The highest BCUT2D eigenvalue weighted by Crippen LogP contribution is 2.16. The van der Waals surface area contributed by atoms with Gasteiger partial charge in [0.05, 0.1) is 19.3 Å². The topological polar surface area (TPSA) is 12.5 Å². The van der Waals surface area contributed by atoms with E-state index in [-0.39, 0.29) is 0 Å². The van der Waals surface area contributed by atoms with E-state index < -0.39 is 0 Å². The van der Waals surface area contributed by atoms with Crippen LogP contribution < -0.4 is 0 Å². The third kappa shape index (κ3) is 0.970. The molecular formula is C7H13NO. The number of nitrogens with zero attached hydrogens (tertiary/aromatic N) is 1. The number of hydrogen-bond acceptors (Lipinski definition) is 2. The summed E-state index contributed by atoms with van der Waals surface area (Å²) < 4.78 is 5.11. The van der Waals surface area contributed by atoms with E-state index in [0.717, 1.165) is 19.3 Å². The Kier molecular flexibility index (Phi) is 1.44. The molecule has 0 radical (unpaired) electrons. The average molecular weight is 127 g/mol. The molecule has 2 rings (SSSR count). The number of rotatable bonds is 1. The van der Waals surface area contributed by atoms with Crippen molar-refractivity contribution in [2.45, 2.75) is 18.9 Å². The van der Waals surface area contributed by atoms with Crippen LogP contribution in [0.2, 0.25) is 0 Å². The first-order valence-corrected chi connectivity index (χ1v) is 3.78. The van der Waals surface area contributed by atoms with Crippen molar-refractivity contribution in [3.8, 4) is 0 Å². The zero-order chi connectivity index (χ0) is 6.10. The molecule has 0 aromatic rings. The zero-order valence-electron chi connectivity index (χ0n) is 5.68. The van der Waals surface area contributed by atoms with E-state index in [1.807, 2.05) is 0 Å². The highest BCUT2D eigenvalue weighted by atomic mass is 16.5. The molecule has 0 unspecified atom stereocenters. The monoisotopic (exact) mass is 127 g/mol. The molecule has 2 heteroatoms. The molecule has 2 aliphatic heterocycles. The number of ether oxygens (including phenoxy) is 1. The fraction of sp³-hybridized carbons (Fsp3) is 1.00. The fourth-order valence-corrected chi connectivity index (χ4v) is 1.54. The summed E-state index contributed by atoms with van der Waals surface area (Å²) in [7, 11) is 0. The molecule has 0 bridgehead atoms. The highest BCUT2D eigenvalue weighted by Gasteiger charge is 2.27. The predicted octanol–water partition coefficient (Wildman–Crippen LogP) is 0.481. The lowest BCUT2D eigenvalue weighted by molar-refractivity contribution is -0.0569. The van der Waals surface area contributed by atoms with E-state index in [2.05, 4.69) is 4.90 Å². The van der Waals surface area contributed by atoms with Gasteiger partial charge in [-0.2, -0.15) is 0 Å². The Morgan fingerprint density at radius 1 is 1.11 bits per heavy atom. The van der Waals surface area contributed by atoms with Crippen molar-refractivity contribution in [1.82, 2.24) is 4.90 Å². The van der Waals surface area contributed by atoms with Gasteiger partial charge in [-0.3, -0.25) is 4.90 Å². The molecular weight excluding hydrogens is 114 g/mol. The molecule has 9 heavy (non-hydrogen) atoms. The lowest BCUT2D eigenvalue weighted by atomic mass is 10.2. The summed E-state index contributed by atoms with van der Waals surface area (Å²) in [5.74, 6) is 0. The molecule has 52 valence electrons. The maximum absolute atomic E-state index is 5.11. The lowest BCUT2D eigenvalue weighted by Crippen LogP contribution is -2.47. The van der Waals surface area contributed by atoms with Crippen LogP contribution in [0.25, 0.3) is 0 Å². The van der Waals surface area contributed by atoms with Gasteiger partial charge in [-0.15, -0.1) is 0 Å². The Morgan fingerprint density at radius 3 is 2.22 bits per heavy atom. The van der Waals surface area contributed by atoms with Gasteiger partial charge in [0.2, 0.25) is 0 Å². The average Bonchev–Trinajstić information content (AvgIpc) is 2.11. The van der Waals surface area contributed by atoms with Crippen molar-refractivity contribution < 1.29 is 4.74 Å². The minimum Gasteiger partial charge on any atom is -0.378 e. The minimum atomic E-state index is 0.785. The third-order valence-electron chi connectivity index (χ3n) is 2.28. The van der Waals surface area contributed by atoms with E-state index >= 15 is 0 Å². The Hall–Kier alpha value is -0.0800. The molecule has 0 spiro atoms. The summed E-state index contributed by atoms with van der Waals surface area (Å²) in [6, 6.07) is 0.785. The summed E-state index contributed by atoms with van der Waals surface area (Å²) in [5, 5.41) is 0. The van der Waals surface area contributed by atoms with Crippen molar-refractivity contribution >= 4 is 0 Å². The second kappa shape index (κ2) is 2.27. The first kappa shape index (κ1) is 5.69. The van der Waals surface area contributed by atoms with Gasteiger partial charge in [0.1, 0.15) is 0 Å². The second-order valence-corrected chi connectivity index (χ2v) is 2.93. The van der Waals surface area contributed by atoms with Crippen LogP contribution >= 0.6 is 0 Å². The Labute approximate surface area is 55.8 Å². The predicted molar refractivity (Wildman–Crippen MR) is 35.4 cm³/mol. The van der Waals surface area contributed by atoms with Crippen molar-refractivity contribution in [1.29, 1.82) is 0 Å². The Morgan fingerprint density at radius 2 is 1.78 bits per heavy atom. The van der Waals surface area contributed by atoms with Crippen molar-refractivity contribution in [2.24, 2.45) is 0 Å². The summed E-state index contributed by atoms with van der Waals surface area (Å²) in [5.41, 5.74) is 0. The van der Waals surface area contributed by atoms with Crippen molar-refractivity contribution in [2.75, 3.05) is 26.3 Å². The minimum absolute atomic E-state index is 0.785. The van der Waals surface area contributed by atoms with E-state index in [9.17, 15) is 0 Å². The van der Waals surface area contributed by atoms with Crippen molar-refractivity contribution in [3.63, 3.8) is 0 Å². The molecule has 0 aromatic heterocycles. The molecule has 2 nitrogen and oxygen atoms in total. The smallest absolute Gasteiger partial charge is 0.0645 e. The van der Waals surface area contributed by atoms with Gasteiger partial charge < -0.3 is 4.74 Å². The first-order chi connectivity index (χ1) is 4.47. The molecule has 2 fully saturated rings. The molecule has 2 heterocycles. The summed E-state index contributed by atoms with van der Waals surface area (Å²) in [6.45, 7) is 4.60. The van der Waals surface area contributed by atoms with Crippen LogP contribution in [-0.2, 0) is 4.74 Å². The van der Waals surface area contributed by atoms with Crippen LogP contribution in [0.4, 0.5) is 0 Å². The van der Waals surface area contributed by atoms with Gasteiger partial charge >= 0.3 is 0 Å². The second-order valence-electron chi connectivity index (χ2n) is 2.93. The largest absolute Gasteiger partial charge is 0.378 e. The highest BCUT2D eigenvalue weighted by molar-refractivity contribution is 4.80. The van der Waals surface area contributed by atoms with Gasteiger partial charge in [-0.05, 0) is 25.9 Å². The summed E-state index contributed by atoms with van der Waals surface area (Å²) >= 11 is 0. The molecule has 0 N–H and O–H groups in total. The van der Waals surface area contributed by atoms with Crippen LogP contribution in [-0.4, -0.2) is 37.2 Å². The summed E-state index contributed by atoms with van der Waals surface area (Å²) in [4.78, 5) is 2.55. The van der Waals surface area contributed by atoms with E-state index in [1.165, 1.54) is 25.9 Å². The van der Waals surface area contributed by atoms with Gasteiger partial charge in [-0.1, -0.05) is 0 Å². The van der Waals surface area contributed by atoms with Gasteiger partial charge in [0.15, 0.2) is 0 Å². The van der Waals surface area contributed by atoms with Crippen LogP contribution in [0.5, 0.6) is 0 Å². The third-order valence-corrected chi connectivity index (χ3v) is 2.28. The summed E-state index contributed by atoms with van der Waals surface area (Å²) in [6.07, 6.45) is 2.80. The van der Waals surface area contributed by atoms with Gasteiger partial charge in [0, 0.05) is 0 Å². The van der Waals surface area contributed by atoms with Crippen LogP contribution in [0.15, 0.2) is 0 Å². The molecule has 0 aromatic carbocycles. The Balaban J connectivity index is 1.82. The SMILES string of the molecule is C1CCN(C2COC2)C1. The molecule has 2 aliphatic rings. The molecule has 2 saturated heterocycles. The normalized spacial score (nSPS) is 30.7. The van der Waals surface area contributed by atoms with Crippen molar-refractivity contribution in [3.05, 3.63) is 0 Å². The molecule has 0 aliphatic carbocycles. The van der Waals surface area contributed by atoms with E-state index in [1.54, 1.807) is 0 Å². The maximum atomic E-state index is 5.11. The van der Waals surface area contributed by atoms with Crippen LogP contribution in [0, 0.1) is 0 Å². The van der Waals surface area contributed by atoms with E-state index in [4.69, 9.17) is 4.74 Å². The molecule has 0 amide bonds. The lowest BCUT2D eigenvalue weighted by Gasteiger charge is -2.34. The standard InChI is InChI=1S/C7H13NO/c1-2-4-8(3-1)7-5-9-6-7/h7H,1-6H2. The number of likely N-dealkylation sites (tertiary alicyclic amines) is 1. The van der Waals surface area contributed by atoms with Crippen LogP contribution in [0.1, 0.15) is 12.8 Å². The maximum Gasteiger partial charge on any atom is 0.0645 e. The Bertz CT molecular complexity index is 95.1. The van der Waals surface area contributed by atoms with E-state index in [0.29, 0.717) is 0 Å². The molecule has 0 atom stereocenters. The fourth-order valence-electron chi connectivity index (χ4n) is 1.54.